The Bertz CT molecular complexity index is 664. The molecule has 110 valence electrons. The van der Waals surface area contributed by atoms with E-state index >= 15 is 0 Å². The summed E-state index contributed by atoms with van der Waals surface area (Å²) in [5, 5.41) is 0. The van der Waals surface area contributed by atoms with Gasteiger partial charge in [-0.2, -0.15) is 0 Å². The lowest BCUT2D eigenvalue weighted by Gasteiger charge is -2.25. The maximum atomic E-state index is 14.0. The van der Waals surface area contributed by atoms with Gasteiger partial charge in [-0.15, -0.1) is 0 Å². The first-order valence-electron chi connectivity index (χ1n) is 6.50. The molecule has 2 aromatic rings. The van der Waals surface area contributed by atoms with Crippen molar-refractivity contribution in [3.63, 3.8) is 0 Å². The van der Waals surface area contributed by atoms with Crippen LogP contribution in [-0.4, -0.2) is 13.2 Å². The Morgan fingerprint density at radius 2 is 1.86 bits per heavy atom. The van der Waals surface area contributed by atoms with Crippen molar-refractivity contribution >= 4 is 0 Å². The molecule has 0 aliphatic carbocycles. The number of para-hydroxylation sites is 1. The van der Waals surface area contributed by atoms with Gasteiger partial charge in [0.1, 0.15) is 24.8 Å². The Hall–Kier alpha value is -2.18. The zero-order valence-electron chi connectivity index (χ0n) is 11.1. The van der Waals surface area contributed by atoms with E-state index in [0.717, 1.165) is 18.2 Å². The summed E-state index contributed by atoms with van der Waals surface area (Å²) in [6.45, 7) is 0.846. The molecule has 1 heterocycles. The van der Waals surface area contributed by atoms with Crippen molar-refractivity contribution in [2.45, 2.75) is 6.04 Å². The number of fused-ring (bicyclic) bond motifs is 1. The van der Waals surface area contributed by atoms with Crippen molar-refractivity contribution in [3.05, 3.63) is 59.2 Å². The van der Waals surface area contributed by atoms with Crippen LogP contribution in [0.1, 0.15) is 17.2 Å². The van der Waals surface area contributed by atoms with Crippen LogP contribution in [0.3, 0.4) is 0 Å². The number of hydrazine groups is 1. The maximum Gasteiger partial charge on any atom is 0.166 e. The van der Waals surface area contributed by atoms with Crippen molar-refractivity contribution in [1.29, 1.82) is 0 Å². The van der Waals surface area contributed by atoms with E-state index in [4.69, 9.17) is 15.3 Å². The SMILES string of the molecule is NNC(c1cc(F)ccc1F)c1cccc2c1OCCO2. The molecule has 21 heavy (non-hydrogen) atoms. The number of nitrogens with two attached hydrogens (primary N) is 1. The molecular formula is C15H14F2N2O2. The highest BCUT2D eigenvalue weighted by Crippen LogP contribution is 2.39. The predicted molar refractivity (Wildman–Crippen MR) is 73.0 cm³/mol. The second-order valence-corrected chi connectivity index (χ2v) is 4.64. The van der Waals surface area contributed by atoms with Crippen LogP contribution < -0.4 is 20.7 Å². The lowest BCUT2D eigenvalue weighted by molar-refractivity contribution is 0.169. The van der Waals surface area contributed by atoms with Gasteiger partial charge in [-0.25, -0.2) is 14.2 Å². The zero-order valence-corrected chi connectivity index (χ0v) is 11.1. The summed E-state index contributed by atoms with van der Waals surface area (Å²) >= 11 is 0. The minimum Gasteiger partial charge on any atom is -0.486 e. The van der Waals surface area contributed by atoms with Crippen LogP contribution in [0, 0.1) is 11.6 Å². The lowest BCUT2D eigenvalue weighted by Crippen LogP contribution is -2.30. The monoisotopic (exact) mass is 292 g/mol. The number of rotatable bonds is 3. The van der Waals surface area contributed by atoms with E-state index in [0.29, 0.717) is 30.3 Å². The number of hydrogen-bond donors (Lipinski definition) is 2. The zero-order chi connectivity index (χ0) is 14.8. The van der Waals surface area contributed by atoms with Gasteiger partial charge in [0.25, 0.3) is 0 Å². The fraction of sp³-hybridized carbons (Fsp3) is 0.200. The first-order chi connectivity index (χ1) is 10.2. The summed E-state index contributed by atoms with van der Waals surface area (Å²) in [5.74, 6) is 5.53. The molecular weight excluding hydrogens is 278 g/mol. The van der Waals surface area contributed by atoms with E-state index in [-0.39, 0.29) is 5.56 Å². The molecule has 2 aromatic carbocycles. The van der Waals surface area contributed by atoms with Crippen molar-refractivity contribution in [1.82, 2.24) is 5.43 Å². The Morgan fingerprint density at radius 1 is 1.05 bits per heavy atom. The van der Waals surface area contributed by atoms with E-state index < -0.39 is 17.7 Å². The quantitative estimate of drug-likeness (QED) is 0.673. The third kappa shape index (κ3) is 2.55. The van der Waals surface area contributed by atoms with Crippen LogP contribution in [0.4, 0.5) is 8.78 Å². The summed E-state index contributed by atoms with van der Waals surface area (Å²) in [5.41, 5.74) is 3.22. The number of hydrogen-bond acceptors (Lipinski definition) is 4. The number of halogens is 2. The second kappa shape index (κ2) is 5.67. The standard InChI is InChI=1S/C15H14F2N2O2/c16-9-4-5-12(17)11(8-9)14(19-18)10-2-1-3-13-15(10)21-7-6-20-13/h1-5,8,14,19H,6-7,18H2. The number of ether oxygens (including phenoxy) is 2. The van der Waals surface area contributed by atoms with Gasteiger partial charge in [0, 0.05) is 11.1 Å². The van der Waals surface area contributed by atoms with Crippen molar-refractivity contribution < 1.29 is 18.3 Å². The highest BCUT2D eigenvalue weighted by molar-refractivity contribution is 5.51. The smallest absolute Gasteiger partial charge is 0.166 e. The number of nitrogens with one attached hydrogen (secondary N) is 1. The van der Waals surface area contributed by atoms with Gasteiger partial charge in [-0.3, -0.25) is 5.84 Å². The fourth-order valence-corrected chi connectivity index (χ4v) is 2.41. The molecule has 0 aromatic heterocycles. The van der Waals surface area contributed by atoms with E-state index in [2.05, 4.69) is 5.43 Å². The van der Waals surface area contributed by atoms with Crippen molar-refractivity contribution in [3.8, 4) is 11.5 Å². The Morgan fingerprint density at radius 3 is 2.67 bits per heavy atom. The molecule has 1 atom stereocenters. The molecule has 0 saturated carbocycles. The molecule has 0 fully saturated rings. The van der Waals surface area contributed by atoms with Gasteiger partial charge >= 0.3 is 0 Å². The van der Waals surface area contributed by atoms with Gasteiger partial charge in [-0.1, -0.05) is 12.1 Å². The summed E-state index contributed by atoms with van der Waals surface area (Å²) in [4.78, 5) is 0. The molecule has 3 rings (SSSR count). The van der Waals surface area contributed by atoms with Crippen LogP contribution >= 0.6 is 0 Å². The minimum atomic E-state index is -0.739. The van der Waals surface area contributed by atoms with Gasteiger partial charge in [0.15, 0.2) is 11.5 Å². The lowest BCUT2D eigenvalue weighted by atomic mass is 9.97. The molecule has 0 saturated heterocycles. The van der Waals surface area contributed by atoms with E-state index in [1.807, 2.05) is 0 Å². The summed E-state index contributed by atoms with van der Waals surface area (Å²) in [6, 6.07) is 7.76. The predicted octanol–water partition coefficient (Wildman–Crippen LogP) is 2.29. The van der Waals surface area contributed by atoms with Crippen LogP contribution in [0.15, 0.2) is 36.4 Å². The minimum absolute atomic E-state index is 0.111. The maximum absolute atomic E-state index is 14.0. The average molecular weight is 292 g/mol. The Kier molecular flexibility index (Phi) is 3.72. The molecule has 0 spiro atoms. The van der Waals surface area contributed by atoms with Gasteiger partial charge < -0.3 is 9.47 Å². The summed E-state index contributed by atoms with van der Waals surface area (Å²) < 4.78 is 38.5. The topological polar surface area (TPSA) is 56.5 Å². The van der Waals surface area contributed by atoms with E-state index in [1.54, 1.807) is 18.2 Å². The molecule has 1 aliphatic rings. The highest BCUT2D eigenvalue weighted by Gasteiger charge is 2.25. The average Bonchev–Trinajstić information content (AvgIpc) is 2.51. The first-order valence-corrected chi connectivity index (χ1v) is 6.50. The second-order valence-electron chi connectivity index (χ2n) is 4.64. The molecule has 6 heteroatoms. The molecule has 0 radical (unpaired) electrons. The van der Waals surface area contributed by atoms with Gasteiger partial charge in [0.05, 0.1) is 6.04 Å². The summed E-state index contributed by atoms with van der Waals surface area (Å²) in [7, 11) is 0. The molecule has 4 nitrogen and oxygen atoms in total. The number of benzene rings is 2. The van der Waals surface area contributed by atoms with E-state index in [1.165, 1.54) is 0 Å². The van der Waals surface area contributed by atoms with Gasteiger partial charge in [0.2, 0.25) is 0 Å². The van der Waals surface area contributed by atoms with Gasteiger partial charge in [-0.05, 0) is 24.3 Å². The molecule has 3 N–H and O–H groups in total. The largest absolute Gasteiger partial charge is 0.486 e. The van der Waals surface area contributed by atoms with Crippen LogP contribution in [0.2, 0.25) is 0 Å². The molecule has 1 aliphatic heterocycles. The van der Waals surface area contributed by atoms with Crippen molar-refractivity contribution in [2.24, 2.45) is 5.84 Å². The molecule has 0 bridgehead atoms. The highest BCUT2D eigenvalue weighted by atomic mass is 19.1. The third-order valence-electron chi connectivity index (χ3n) is 3.34. The Labute approximate surface area is 120 Å². The van der Waals surface area contributed by atoms with Crippen LogP contribution in [0.25, 0.3) is 0 Å². The van der Waals surface area contributed by atoms with Crippen molar-refractivity contribution in [2.75, 3.05) is 13.2 Å². The normalized spacial score (nSPS) is 14.8. The molecule has 0 amide bonds. The van der Waals surface area contributed by atoms with E-state index in [9.17, 15) is 8.78 Å². The molecule has 1 unspecified atom stereocenters. The third-order valence-corrected chi connectivity index (χ3v) is 3.34. The summed E-state index contributed by atoms with van der Waals surface area (Å²) in [6.07, 6.45) is 0. The Balaban J connectivity index is 2.10. The fourth-order valence-electron chi connectivity index (χ4n) is 2.41. The van der Waals surface area contributed by atoms with Crippen LogP contribution in [0.5, 0.6) is 11.5 Å². The van der Waals surface area contributed by atoms with Crippen LogP contribution in [-0.2, 0) is 0 Å². The first kappa shape index (κ1) is 13.8.